The van der Waals surface area contributed by atoms with Crippen molar-refractivity contribution in [3.63, 3.8) is 0 Å². The van der Waals surface area contributed by atoms with Gasteiger partial charge in [0.2, 0.25) is 0 Å². The molecule has 0 radical (unpaired) electrons. The number of halogens is 1. The minimum Gasteiger partial charge on any atom is -0.450 e. The molecule has 0 rings (SSSR count). The molecule has 4 heteroatoms. The molecule has 64 valence electrons. The average Bonchev–Trinajstić information content (AvgIpc) is 2.01. The Morgan fingerprint density at radius 1 is 1.55 bits per heavy atom. The first-order valence-corrected chi connectivity index (χ1v) is 2.82. The lowest BCUT2D eigenvalue weighted by molar-refractivity contribution is 0.102. The van der Waals surface area contributed by atoms with E-state index < -0.39 is 12.8 Å². The first-order valence-electron chi connectivity index (χ1n) is 2.82. The molecule has 0 saturated carbocycles. The van der Waals surface area contributed by atoms with E-state index in [4.69, 9.17) is 5.11 Å². The summed E-state index contributed by atoms with van der Waals surface area (Å²) in [5, 5.41) is 7.77. The van der Waals surface area contributed by atoms with Crippen LogP contribution in [-0.4, -0.2) is 24.5 Å². The lowest BCUT2D eigenvalue weighted by Gasteiger charge is -1.88. The van der Waals surface area contributed by atoms with E-state index in [0.29, 0.717) is 0 Å². The Morgan fingerprint density at radius 3 is 2.09 bits per heavy atom. The van der Waals surface area contributed by atoms with Crippen molar-refractivity contribution >= 4 is 6.16 Å². The molecule has 0 aliphatic rings. The summed E-state index contributed by atoms with van der Waals surface area (Å²) in [7, 11) is 0. The van der Waals surface area contributed by atoms with Crippen molar-refractivity contribution in [3.8, 4) is 0 Å². The second-order valence-corrected chi connectivity index (χ2v) is 1.31. The molecule has 1 N–H and O–H groups in total. The van der Waals surface area contributed by atoms with Crippen LogP contribution in [0.4, 0.5) is 9.18 Å². The molecule has 0 aromatic heterocycles. The highest BCUT2D eigenvalue weighted by molar-refractivity contribution is 5.56. The van der Waals surface area contributed by atoms with Crippen molar-refractivity contribution in [2.45, 2.75) is 0 Å². The van der Waals surface area contributed by atoms with Crippen molar-refractivity contribution in [3.05, 3.63) is 25.3 Å². The highest BCUT2D eigenvalue weighted by Gasteiger charge is 1.87. The predicted octanol–water partition coefficient (Wildman–Crippen LogP) is 2.01. The van der Waals surface area contributed by atoms with E-state index in [0.717, 1.165) is 0 Å². The monoisotopic (exact) mass is 162 g/mol. The highest BCUT2D eigenvalue weighted by atomic mass is 19.1. The zero-order valence-corrected chi connectivity index (χ0v) is 6.12. The molecule has 0 atom stereocenters. The minimum atomic E-state index is -1.26. The van der Waals surface area contributed by atoms with Gasteiger partial charge in [-0.2, -0.15) is 0 Å². The van der Waals surface area contributed by atoms with Gasteiger partial charge in [0.25, 0.3) is 0 Å². The van der Waals surface area contributed by atoms with Crippen LogP contribution < -0.4 is 0 Å². The molecule has 0 unspecified atom stereocenters. The fourth-order valence-electron chi connectivity index (χ4n) is 0.130. The molecular weight excluding hydrogens is 151 g/mol. The summed E-state index contributed by atoms with van der Waals surface area (Å²) in [5.74, 6) is 0. The summed E-state index contributed by atoms with van der Waals surface area (Å²) in [6, 6.07) is 0. The lowest BCUT2D eigenvalue weighted by Crippen LogP contribution is -1.98. The number of hydrogen-bond donors (Lipinski definition) is 1. The Hall–Kier alpha value is -1.32. The van der Waals surface area contributed by atoms with E-state index in [1.165, 1.54) is 12.2 Å². The number of carbonyl (C=O) groups is 1. The Bertz CT molecular complexity index is 123. The van der Waals surface area contributed by atoms with E-state index >= 15 is 0 Å². The zero-order valence-electron chi connectivity index (χ0n) is 6.12. The van der Waals surface area contributed by atoms with Crippen LogP contribution in [0, 0.1) is 0 Å². The standard InChI is InChI=1S/C4H6O3.C3H5F/c1-2-3-7-4(5)6;1-2-3-4/h2H,1,3H2,(H,5,6);2H,1,3H2. The van der Waals surface area contributed by atoms with Crippen molar-refractivity contribution in [1.29, 1.82) is 0 Å². The largest absolute Gasteiger partial charge is 0.506 e. The van der Waals surface area contributed by atoms with E-state index in [1.807, 2.05) is 0 Å². The summed E-state index contributed by atoms with van der Waals surface area (Å²) in [4.78, 5) is 9.49. The van der Waals surface area contributed by atoms with E-state index in [2.05, 4.69) is 17.9 Å². The molecule has 0 fully saturated rings. The second kappa shape index (κ2) is 11.5. The topological polar surface area (TPSA) is 46.5 Å². The van der Waals surface area contributed by atoms with Crippen molar-refractivity contribution in [1.82, 2.24) is 0 Å². The Morgan fingerprint density at radius 2 is 2.00 bits per heavy atom. The van der Waals surface area contributed by atoms with Crippen LogP contribution in [-0.2, 0) is 4.74 Å². The summed E-state index contributed by atoms with van der Waals surface area (Å²) in [6.07, 6.45) is 1.31. The highest BCUT2D eigenvalue weighted by Crippen LogP contribution is 1.73. The van der Waals surface area contributed by atoms with Gasteiger partial charge in [-0.15, -0.1) is 6.58 Å². The Balaban J connectivity index is 0. The third-order valence-corrected chi connectivity index (χ3v) is 0.434. The number of ether oxygens (including phenoxy) is 1. The summed E-state index contributed by atoms with van der Waals surface area (Å²) >= 11 is 0. The number of rotatable bonds is 3. The number of hydrogen-bond acceptors (Lipinski definition) is 2. The molecule has 0 bridgehead atoms. The van der Waals surface area contributed by atoms with Crippen molar-refractivity contribution in [2.75, 3.05) is 13.3 Å². The van der Waals surface area contributed by atoms with Gasteiger partial charge in [0, 0.05) is 0 Å². The van der Waals surface area contributed by atoms with Crippen LogP contribution in [0.2, 0.25) is 0 Å². The van der Waals surface area contributed by atoms with Gasteiger partial charge in [-0.1, -0.05) is 18.7 Å². The molecule has 0 aliphatic heterocycles. The average molecular weight is 162 g/mol. The molecule has 11 heavy (non-hydrogen) atoms. The van der Waals surface area contributed by atoms with Crippen LogP contribution in [0.15, 0.2) is 25.3 Å². The van der Waals surface area contributed by atoms with Crippen molar-refractivity contribution < 1.29 is 19.0 Å². The van der Waals surface area contributed by atoms with Crippen LogP contribution in [0.3, 0.4) is 0 Å². The number of carboxylic acid groups (broad SMARTS) is 1. The van der Waals surface area contributed by atoms with E-state index in [1.54, 1.807) is 0 Å². The first kappa shape index (κ1) is 12.4. The Labute approximate surface area is 64.8 Å². The van der Waals surface area contributed by atoms with Gasteiger partial charge in [-0.3, -0.25) is 0 Å². The summed E-state index contributed by atoms with van der Waals surface area (Å²) in [6.45, 7) is 6.00. The van der Waals surface area contributed by atoms with Crippen molar-refractivity contribution in [2.24, 2.45) is 0 Å². The molecular formula is C7H11FO3. The maximum absolute atomic E-state index is 10.6. The van der Waals surface area contributed by atoms with Crippen LogP contribution >= 0.6 is 0 Å². The van der Waals surface area contributed by atoms with Gasteiger partial charge in [0.05, 0.1) is 0 Å². The zero-order chi connectivity index (χ0) is 9.11. The van der Waals surface area contributed by atoms with Crippen LogP contribution in [0.25, 0.3) is 0 Å². The Kier molecular flexibility index (Phi) is 12.9. The normalized spacial score (nSPS) is 7.00. The summed E-state index contributed by atoms with van der Waals surface area (Å²) < 4.78 is 14.6. The van der Waals surface area contributed by atoms with Gasteiger partial charge in [-0.25, -0.2) is 9.18 Å². The van der Waals surface area contributed by atoms with Gasteiger partial charge in [0.15, 0.2) is 0 Å². The summed E-state index contributed by atoms with van der Waals surface area (Å²) in [5.41, 5.74) is 0. The molecule has 0 amide bonds. The maximum Gasteiger partial charge on any atom is 0.506 e. The number of alkyl halides is 1. The number of allylic oxidation sites excluding steroid dienone is 1. The molecule has 0 heterocycles. The second-order valence-electron chi connectivity index (χ2n) is 1.31. The third-order valence-electron chi connectivity index (χ3n) is 0.434. The third kappa shape index (κ3) is 28.6. The molecule has 0 saturated heterocycles. The fourth-order valence-corrected chi connectivity index (χ4v) is 0.130. The van der Waals surface area contributed by atoms with Crippen LogP contribution in [0.1, 0.15) is 0 Å². The van der Waals surface area contributed by atoms with Gasteiger partial charge in [-0.05, 0) is 0 Å². The van der Waals surface area contributed by atoms with E-state index in [9.17, 15) is 9.18 Å². The van der Waals surface area contributed by atoms with Gasteiger partial charge < -0.3 is 9.84 Å². The maximum atomic E-state index is 10.6. The molecule has 0 spiro atoms. The molecule has 0 aliphatic carbocycles. The van der Waals surface area contributed by atoms with E-state index in [-0.39, 0.29) is 6.61 Å². The van der Waals surface area contributed by atoms with Gasteiger partial charge in [0.1, 0.15) is 13.3 Å². The van der Waals surface area contributed by atoms with Crippen LogP contribution in [0.5, 0.6) is 0 Å². The fraction of sp³-hybridized carbons (Fsp3) is 0.286. The predicted molar refractivity (Wildman–Crippen MR) is 40.3 cm³/mol. The minimum absolute atomic E-state index is 0.0648. The molecule has 0 aromatic rings. The molecule has 0 aromatic carbocycles. The lowest BCUT2D eigenvalue weighted by atomic mass is 10.7. The first-order chi connectivity index (χ1) is 5.18. The smallest absolute Gasteiger partial charge is 0.450 e. The SMILES string of the molecule is C=CCF.C=CCOC(=O)O. The quantitative estimate of drug-likeness (QED) is 0.510. The van der Waals surface area contributed by atoms with Gasteiger partial charge >= 0.3 is 6.16 Å². The molecule has 3 nitrogen and oxygen atoms in total.